The van der Waals surface area contributed by atoms with Crippen LogP contribution in [-0.2, 0) is 6.54 Å². The van der Waals surface area contributed by atoms with Gasteiger partial charge in [0, 0.05) is 17.1 Å². The van der Waals surface area contributed by atoms with Gasteiger partial charge in [-0.2, -0.15) is 5.26 Å². The van der Waals surface area contributed by atoms with E-state index >= 15 is 0 Å². The van der Waals surface area contributed by atoms with Crippen molar-refractivity contribution >= 4 is 11.6 Å². The minimum absolute atomic E-state index is 0.0808. The fourth-order valence-electron chi connectivity index (χ4n) is 1.36. The molecule has 0 saturated heterocycles. The van der Waals surface area contributed by atoms with Crippen LogP contribution in [0, 0.1) is 11.3 Å². The standard InChI is InChI=1S/C13H17ClN2O/c1-3-13(2,9-17)16-8-11-5-4-10(7-15)6-12(11)14/h4-6,16-17H,3,8-9H2,1-2H3. The minimum atomic E-state index is -0.294. The summed E-state index contributed by atoms with van der Waals surface area (Å²) in [5.41, 5.74) is 1.19. The number of nitriles is 1. The molecule has 0 fully saturated rings. The number of hydrogen-bond acceptors (Lipinski definition) is 3. The van der Waals surface area contributed by atoms with Crippen LogP contribution in [0.1, 0.15) is 31.4 Å². The molecule has 0 saturated carbocycles. The summed E-state index contributed by atoms with van der Waals surface area (Å²) in [6.45, 7) is 4.64. The van der Waals surface area contributed by atoms with Crippen molar-refractivity contribution in [1.29, 1.82) is 5.26 Å². The first kappa shape index (κ1) is 14.0. The van der Waals surface area contributed by atoms with Crippen molar-refractivity contribution in [2.75, 3.05) is 6.61 Å². The van der Waals surface area contributed by atoms with Crippen LogP contribution in [0.4, 0.5) is 0 Å². The maximum atomic E-state index is 9.28. The zero-order valence-corrected chi connectivity index (χ0v) is 10.9. The Labute approximate surface area is 107 Å². The van der Waals surface area contributed by atoms with Crippen molar-refractivity contribution in [2.45, 2.75) is 32.4 Å². The van der Waals surface area contributed by atoms with Crippen LogP contribution in [0.15, 0.2) is 18.2 Å². The lowest BCUT2D eigenvalue weighted by Gasteiger charge is -2.27. The van der Waals surface area contributed by atoms with E-state index in [0.717, 1.165) is 12.0 Å². The molecular weight excluding hydrogens is 236 g/mol. The van der Waals surface area contributed by atoms with Gasteiger partial charge in [-0.3, -0.25) is 0 Å². The summed E-state index contributed by atoms with van der Waals surface area (Å²) in [4.78, 5) is 0. The summed E-state index contributed by atoms with van der Waals surface area (Å²) in [5, 5.41) is 21.9. The topological polar surface area (TPSA) is 56.0 Å². The summed E-state index contributed by atoms with van der Waals surface area (Å²) in [6.07, 6.45) is 0.831. The SMILES string of the molecule is CCC(C)(CO)NCc1ccc(C#N)cc1Cl. The average Bonchev–Trinajstić information content (AvgIpc) is 2.36. The van der Waals surface area contributed by atoms with Gasteiger partial charge in [0.25, 0.3) is 0 Å². The molecule has 0 aliphatic heterocycles. The van der Waals surface area contributed by atoms with Crippen LogP contribution in [0.2, 0.25) is 5.02 Å². The second kappa shape index (κ2) is 6.02. The molecule has 0 aromatic heterocycles. The van der Waals surface area contributed by atoms with Gasteiger partial charge < -0.3 is 10.4 Å². The highest BCUT2D eigenvalue weighted by atomic mass is 35.5. The Balaban J connectivity index is 2.74. The lowest BCUT2D eigenvalue weighted by Crippen LogP contribution is -2.44. The molecule has 1 rings (SSSR count). The van der Waals surface area contributed by atoms with E-state index in [9.17, 15) is 5.11 Å². The molecule has 1 aromatic rings. The van der Waals surface area contributed by atoms with Gasteiger partial charge in [0.15, 0.2) is 0 Å². The molecule has 0 amide bonds. The summed E-state index contributed by atoms with van der Waals surface area (Å²) in [7, 11) is 0. The summed E-state index contributed by atoms with van der Waals surface area (Å²) in [5.74, 6) is 0. The highest BCUT2D eigenvalue weighted by molar-refractivity contribution is 6.31. The molecule has 1 aromatic carbocycles. The van der Waals surface area contributed by atoms with E-state index in [1.54, 1.807) is 12.1 Å². The molecule has 17 heavy (non-hydrogen) atoms. The number of benzene rings is 1. The van der Waals surface area contributed by atoms with Crippen molar-refractivity contribution < 1.29 is 5.11 Å². The zero-order chi connectivity index (χ0) is 12.9. The van der Waals surface area contributed by atoms with Crippen molar-refractivity contribution in [2.24, 2.45) is 0 Å². The van der Waals surface area contributed by atoms with E-state index in [1.165, 1.54) is 0 Å². The van der Waals surface area contributed by atoms with E-state index < -0.39 is 0 Å². The molecule has 1 unspecified atom stereocenters. The third-order valence-corrected chi connectivity index (χ3v) is 3.37. The normalized spacial score (nSPS) is 14.1. The van der Waals surface area contributed by atoms with E-state index in [0.29, 0.717) is 17.1 Å². The highest BCUT2D eigenvalue weighted by Crippen LogP contribution is 2.19. The average molecular weight is 253 g/mol. The summed E-state index contributed by atoms with van der Waals surface area (Å²) in [6, 6.07) is 7.27. The Morgan fingerprint density at radius 3 is 2.71 bits per heavy atom. The largest absolute Gasteiger partial charge is 0.394 e. The summed E-state index contributed by atoms with van der Waals surface area (Å²) < 4.78 is 0. The van der Waals surface area contributed by atoms with Crippen LogP contribution in [0.5, 0.6) is 0 Å². The van der Waals surface area contributed by atoms with Crippen LogP contribution in [0.3, 0.4) is 0 Å². The van der Waals surface area contributed by atoms with Crippen LogP contribution < -0.4 is 5.32 Å². The third-order valence-electron chi connectivity index (χ3n) is 3.02. The second-order valence-corrected chi connectivity index (χ2v) is 4.75. The Kier molecular flexibility index (Phi) is 4.95. The molecular formula is C13H17ClN2O. The maximum Gasteiger partial charge on any atom is 0.0992 e. The lowest BCUT2D eigenvalue weighted by atomic mass is 10.00. The number of halogens is 1. The monoisotopic (exact) mass is 252 g/mol. The Morgan fingerprint density at radius 1 is 1.53 bits per heavy atom. The predicted molar refractivity (Wildman–Crippen MR) is 68.8 cm³/mol. The molecule has 0 bridgehead atoms. The summed E-state index contributed by atoms with van der Waals surface area (Å²) >= 11 is 6.07. The van der Waals surface area contributed by atoms with Crippen LogP contribution in [0.25, 0.3) is 0 Å². The molecule has 0 aliphatic rings. The van der Waals surface area contributed by atoms with E-state index in [-0.39, 0.29) is 12.1 Å². The number of aliphatic hydroxyl groups is 1. The van der Waals surface area contributed by atoms with E-state index in [1.807, 2.05) is 26.0 Å². The third kappa shape index (κ3) is 3.71. The van der Waals surface area contributed by atoms with E-state index in [2.05, 4.69) is 5.32 Å². The number of hydrogen-bond donors (Lipinski definition) is 2. The zero-order valence-electron chi connectivity index (χ0n) is 10.1. The molecule has 2 N–H and O–H groups in total. The van der Waals surface area contributed by atoms with Crippen LogP contribution >= 0.6 is 11.6 Å². The van der Waals surface area contributed by atoms with Gasteiger partial charge in [0.1, 0.15) is 0 Å². The van der Waals surface area contributed by atoms with Crippen molar-refractivity contribution in [1.82, 2.24) is 5.32 Å². The second-order valence-electron chi connectivity index (χ2n) is 4.34. The number of aliphatic hydroxyl groups excluding tert-OH is 1. The van der Waals surface area contributed by atoms with Crippen molar-refractivity contribution in [3.8, 4) is 6.07 Å². The highest BCUT2D eigenvalue weighted by Gasteiger charge is 2.19. The fourth-order valence-corrected chi connectivity index (χ4v) is 1.61. The van der Waals surface area contributed by atoms with Crippen molar-refractivity contribution in [3.05, 3.63) is 34.3 Å². The molecule has 0 radical (unpaired) electrons. The number of rotatable bonds is 5. The quantitative estimate of drug-likeness (QED) is 0.847. The van der Waals surface area contributed by atoms with Gasteiger partial charge in [0.2, 0.25) is 0 Å². The van der Waals surface area contributed by atoms with Crippen molar-refractivity contribution in [3.63, 3.8) is 0 Å². The molecule has 0 heterocycles. The van der Waals surface area contributed by atoms with Crippen LogP contribution in [-0.4, -0.2) is 17.3 Å². The molecule has 4 heteroatoms. The van der Waals surface area contributed by atoms with E-state index in [4.69, 9.17) is 16.9 Å². The first-order valence-corrected chi connectivity index (χ1v) is 5.97. The van der Waals surface area contributed by atoms with Gasteiger partial charge in [-0.1, -0.05) is 24.6 Å². The first-order valence-electron chi connectivity index (χ1n) is 5.59. The molecule has 0 aliphatic carbocycles. The predicted octanol–water partition coefficient (Wildman–Crippen LogP) is 2.46. The van der Waals surface area contributed by atoms with Gasteiger partial charge in [-0.15, -0.1) is 0 Å². The maximum absolute atomic E-state index is 9.28. The first-order chi connectivity index (χ1) is 8.04. The lowest BCUT2D eigenvalue weighted by molar-refractivity contribution is 0.169. The minimum Gasteiger partial charge on any atom is -0.394 e. The Hall–Kier alpha value is -1.08. The Bertz CT molecular complexity index is 422. The number of nitrogens with one attached hydrogen (secondary N) is 1. The van der Waals surface area contributed by atoms with Gasteiger partial charge in [-0.25, -0.2) is 0 Å². The Morgan fingerprint density at radius 2 is 2.24 bits per heavy atom. The molecule has 1 atom stereocenters. The smallest absolute Gasteiger partial charge is 0.0992 e. The van der Waals surface area contributed by atoms with Gasteiger partial charge in [0.05, 0.1) is 18.2 Å². The molecule has 0 spiro atoms. The molecule has 3 nitrogen and oxygen atoms in total. The fraction of sp³-hybridized carbons (Fsp3) is 0.462. The van der Waals surface area contributed by atoms with Gasteiger partial charge in [-0.05, 0) is 31.0 Å². The van der Waals surface area contributed by atoms with Gasteiger partial charge >= 0.3 is 0 Å². The molecule has 92 valence electrons. The number of nitrogens with zero attached hydrogens (tertiary/aromatic N) is 1.